The lowest BCUT2D eigenvalue weighted by atomic mass is 10.3. The summed E-state index contributed by atoms with van der Waals surface area (Å²) in [5.74, 6) is 0. The van der Waals surface area contributed by atoms with Crippen LogP contribution in [0.4, 0.5) is 0 Å². The molecule has 0 aliphatic carbocycles. The molecule has 0 aliphatic heterocycles. The molecule has 0 rings (SSSR count). The molecule has 56 valence electrons. The summed E-state index contributed by atoms with van der Waals surface area (Å²) in [5.41, 5.74) is 1.38. The van der Waals surface area contributed by atoms with Crippen molar-refractivity contribution >= 4 is 0 Å². The monoisotopic (exact) mass is 132 g/mol. The fourth-order valence-electron chi connectivity index (χ4n) is 0. The third kappa shape index (κ3) is 34.7. The van der Waals surface area contributed by atoms with Gasteiger partial charge in [0.1, 0.15) is 0 Å². The highest BCUT2D eigenvalue weighted by Gasteiger charge is 1.60. The van der Waals surface area contributed by atoms with Gasteiger partial charge in [0.25, 0.3) is 0 Å². The predicted molar refractivity (Wildman–Crippen MR) is 39.3 cm³/mol. The Hall–Kier alpha value is -0.340. The van der Waals surface area contributed by atoms with E-state index in [2.05, 4.69) is 19.9 Å². The first-order chi connectivity index (χ1) is 4.18. The molecule has 0 saturated heterocycles. The van der Waals surface area contributed by atoms with E-state index in [9.17, 15) is 0 Å². The number of aliphatic hydroxyl groups excluding tert-OH is 2. The largest absolute Gasteiger partial charge is 0.394 e. The second-order valence-electron chi connectivity index (χ2n) is 1.81. The molecule has 0 bridgehead atoms. The van der Waals surface area contributed by atoms with Gasteiger partial charge >= 0.3 is 0 Å². The molecule has 0 heterocycles. The Labute approximate surface area is 56.8 Å². The highest BCUT2D eigenvalue weighted by molar-refractivity contribution is 4.88. The predicted octanol–water partition coefficient (Wildman–Crippen LogP) is 0.944. The molecule has 0 aromatic carbocycles. The van der Waals surface area contributed by atoms with Crippen LogP contribution in [0.15, 0.2) is 11.6 Å². The van der Waals surface area contributed by atoms with E-state index < -0.39 is 0 Å². The zero-order valence-corrected chi connectivity index (χ0v) is 6.39. The molecule has 0 aromatic heterocycles. The first-order valence-electron chi connectivity index (χ1n) is 3.00. The molecule has 9 heavy (non-hydrogen) atoms. The van der Waals surface area contributed by atoms with Gasteiger partial charge < -0.3 is 10.2 Å². The van der Waals surface area contributed by atoms with Crippen molar-refractivity contribution < 1.29 is 10.2 Å². The average molecular weight is 132 g/mol. The van der Waals surface area contributed by atoms with Gasteiger partial charge in [0.2, 0.25) is 0 Å². The Morgan fingerprint density at radius 1 is 1.22 bits per heavy atom. The lowest BCUT2D eigenvalue weighted by Gasteiger charge is -1.74. The third-order valence-electron chi connectivity index (χ3n) is 0.677. The summed E-state index contributed by atoms with van der Waals surface area (Å²) in [4.78, 5) is 0. The van der Waals surface area contributed by atoms with Gasteiger partial charge in [-0.1, -0.05) is 11.6 Å². The maximum absolute atomic E-state index is 7.62. The van der Waals surface area contributed by atoms with Crippen molar-refractivity contribution in [3.63, 3.8) is 0 Å². The molecule has 2 N–H and O–H groups in total. The van der Waals surface area contributed by atoms with Crippen LogP contribution in [-0.4, -0.2) is 23.4 Å². The van der Waals surface area contributed by atoms with Crippen molar-refractivity contribution in [2.45, 2.75) is 20.8 Å². The molecule has 0 saturated carbocycles. The first kappa shape index (κ1) is 11.5. The van der Waals surface area contributed by atoms with Gasteiger partial charge in [-0.2, -0.15) is 0 Å². The van der Waals surface area contributed by atoms with Crippen LogP contribution in [-0.2, 0) is 0 Å². The molecule has 0 atom stereocenters. The van der Waals surface area contributed by atoms with E-state index >= 15 is 0 Å². The second-order valence-corrected chi connectivity index (χ2v) is 1.81. The normalized spacial score (nSPS) is 7.22. The second kappa shape index (κ2) is 10.6. The van der Waals surface area contributed by atoms with E-state index in [1.807, 2.05) is 6.92 Å². The van der Waals surface area contributed by atoms with Crippen molar-refractivity contribution in [1.29, 1.82) is 0 Å². The summed E-state index contributed by atoms with van der Waals surface area (Å²) in [6.45, 7) is 5.95. The van der Waals surface area contributed by atoms with Crippen LogP contribution < -0.4 is 0 Å². The lowest BCUT2D eigenvalue weighted by Crippen LogP contribution is -1.85. The van der Waals surface area contributed by atoms with Gasteiger partial charge in [-0.3, -0.25) is 0 Å². The van der Waals surface area contributed by atoms with Crippen molar-refractivity contribution in [2.24, 2.45) is 0 Å². The van der Waals surface area contributed by atoms with Crippen LogP contribution in [0, 0.1) is 0 Å². The highest BCUT2D eigenvalue weighted by Crippen LogP contribution is 1.82. The minimum atomic E-state index is -0.125. The molecule has 2 nitrogen and oxygen atoms in total. The van der Waals surface area contributed by atoms with E-state index in [-0.39, 0.29) is 13.2 Å². The molecule has 0 aliphatic rings. The Morgan fingerprint density at radius 3 is 1.44 bits per heavy atom. The van der Waals surface area contributed by atoms with E-state index in [4.69, 9.17) is 10.2 Å². The fraction of sp³-hybridized carbons (Fsp3) is 0.714. The van der Waals surface area contributed by atoms with Gasteiger partial charge in [-0.05, 0) is 20.8 Å². The summed E-state index contributed by atoms with van der Waals surface area (Å²) in [5, 5.41) is 15.2. The standard InChI is InChI=1S/C5H10.C2H6O2/c1-4-5(2)3;3-1-2-4/h4H,1-3H3;3-4H,1-2H2. The maximum Gasteiger partial charge on any atom is 0.0662 e. The maximum atomic E-state index is 7.62. The number of hydrogen-bond acceptors (Lipinski definition) is 2. The van der Waals surface area contributed by atoms with Gasteiger partial charge in [-0.25, -0.2) is 0 Å². The Morgan fingerprint density at radius 2 is 1.44 bits per heavy atom. The average Bonchev–Trinajstić information content (AvgIpc) is 1.89. The molecule has 0 fully saturated rings. The fourth-order valence-corrected chi connectivity index (χ4v) is 0. The van der Waals surface area contributed by atoms with Gasteiger partial charge in [0.15, 0.2) is 0 Å². The van der Waals surface area contributed by atoms with Crippen molar-refractivity contribution in [3.8, 4) is 0 Å². The van der Waals surface area contributed by atoms with Gasteiger partial charge in [0, 0.05) is 0 Å². The number of allylic oxidation sites excluding steroid dienone is 2. The Bertz CT molecular complexity index is 61.3. The molecule has 0 aromatic rings. The Kier molecular flexibility index (Phi) is 13.5. The van der Waals surface area contributed by atoms with Crippen LogP contribution >= 0.6 is 0 Å². The van der Waals surface area contributed by atoms with Crippen molar-refractivity contribution in [1.82, 2.24) is 0 Å². The molecule has 0 amide bonds. The van der Waals surface area contributed by atoms with E-state index in [1.165, 1.54) is 5.57 Å². The van der Waals surface area contributed by atoms with Crippen LogP contribution in [0.25, 0.3) is 0 Å². The number of hydrogen-bond donors (Lipinski definition) is 2. The van der Waals surface area contributed by atoms with Crippen LogP contribution in [0.2, 0.25) is 0 Å². The smallest absolute Gasteiger partial charge is 0.0662 e. The van der Waals surface area contributed by atoms with E-state index in [0.29, 0.717) is 0 Å². The van der Waals surface area contributed by atoms with Crippen LogP contribution in [0.1, 0.15) is 20.8 Å². The summed E-state index contributed by atoms with van der Waals surface area (Å²) in [6.07, 6.45) is 2.08. The highest BCUT2D eigenvalue weighted by atomic mass is 16.3. The molecule has 0 spiro atoms. The SMILES string of the molecule is CC=C(C)C.OCCO. The zero-order chi connectivity index (χ0) is 7.70. The van der Waals surface area contributed by atoms with E-state index in [1.54, 1.807) is 0 Å². The first-order valence-corrected chi connectivity index (χ1v) is 3.00. The summed E-state index contributed by atoms with van der Waals surface area (Å²) < 4.78 is 0. The van der Waals surface area contributed by atoms with Crippen LogP contribution in [0.3, 0.4) is 0 Å². The van der Waals surface area contributed by atoms with Crippen molar-refractivity contribution in [2.75, 3.05) is 13.2 Å². The third-order valence-corrected chi connectivity index (χ3v) is 0.677. The summed E-state index contributed by atoms with van der Waals surface area (Å²) in [7, 11) is 0. The van der Waals surface area contributed by atoms with Gasteiger partial charge in [-0.15, -0.1) is 0 Å². The summed E-state index contributed by atoms with van der Waals surface area (Å²) in [6, 6.07) is 0. The van der Waals surface area contributed by atoms with Crippen molar-refractivity contribution in [3.05, 3.63) is 11.6 Å². The minimum Gasteiger partial charge on any atom is -0.394 e. The molecule has 2 heteroatoms. The van der Waals surface area contributed by atoms with Crippen LogP contribution in [0.5, 0.6) is 0 Å². The van der Waals surface area contributed by atoms with E-state index in [0.717, 1.165) is 0 Å². The zero-order valence-electron chi connectivity index (χ0n) is 6.39. The number of rotatable bonds is 1. The lowest BCUT2D eigenvalue weighted by molar-refractivity contribution is 0.186. The number of aliphatic hydroxyl groups is 2. The molecular formula is C7H16O2. The van der Waals surface area contributed by atoms with Gasteiger partial charge in [0.05, 0.1) is 13.2 Å². The quantitative estimate of drug-likeness (QED) is 0.521. The molecule has 0 unspecified atom stereocenters. The minimum absolute atomic E-state index is 0.125. The molecular weight excluding hydrogens is 116 g/mol. The Balaban J connectivity index is 0. The molecule has 0 radical (unpaired) electrons. The summed E-state index contributed by atoms with van der Waals surface area (Å²) >= 11 is 0. The topological polar surface area (TPSA) is 40.5 Å².